The number of nitrogens with one attached hydrogen (secondary N) is 1. The molecule has 1 aromatic rings. The summed E-state index contributed by atoms with van der Waals surface area (Å²) in [6, 6.07) is 6.41. The first kappa shape index (κ1) is 11.1. The highest BCUT2D eigenvalue weighted by Crippen LogP contribution is 2.15. The van der Waals surface area contributed by atoms with Crippen molar-refractivity contribution >= 4 is 11.8 Å². The summed E-state index contributed by atoms with van der Waals surface area (Å²) >= 11 is 0. The number of hydrogen-bond acceptors (Lipinski definition) is 3. The predicted octanol–water partition coefficient (Wildman–Crippen LogP) is 1.91. The molecule has 1 aliphatic heterocycles. The van der Waals surface area contributed by atoms with E-state index in [-0.39, 0.29) is 6.54 Å². The van der Waals surface area contributed by atoms with Crippen LogP contribution in [0.25, 0.3) is 0 Å². The third-order valence-corrected chi connectivity index (χ3v) is 3.27. The van der Waals surface area contributed by atoms with Gasteiger partial charge < -0.3 is 15.3 Å². The summed E-state index contributed by atoms with van der Waals surface area (Å²) in [4.78, 5) is 14.0. The maximum atomic E-state index is 11.1. The highest BCUT2D eigenvalue weighted by Gasteiger charge is 2.26. The molecule has 1 saturated heterocycles. The Balaban J connectivity index is 2.09. The number of benzene rings is 1. The van der Waals surface area contributed by atoms with Crippen LogP contribution < -0.4 is 5.32 Å². The number of piperazine rings is 1. The topological polar surface area (TPSA) is 55.8 Å². The smallest absolute Gasteiger partial charge is 0.407 e. The Bertz CT molecular complexity index is 507. The van der Waals surface area contributed by atoms with Gasteiger partial charge in [-0.05, 0) is 24.6 Å². The second-order valence-corrected chi connectivity index (χ2v) is 4.62. The molecule has 2 N–H and O–H groups in total. The van der Waals surface area contributed by atoms with Gasteiger partial charge in [-0.3, -0.25) is 4.90 Å². The van der Waals surface area contributed by atoms with Crippen LogP contribution in [0.4, 0.5) is 10.5 Å². The minimum Gasteiger partial charge on any atom is -0.465 e. The molecule has 2 rings (SSSR count). The normalized spacial score (nSPS) is 29.6. The van der Waals surface area contributed by atoms with Gasteiger partial charge in [0.1, 0.15) is 0 Å². The first-order valence-electron chi connectivity index (χ1n) is 7.37. The van der Waals surface area contributed by atoms with Crippen LogP contribution in [0.15, 0.2) is 24.3 Å². The van der Waals surface area contributed by atoms with E-state index in [1.165, 1.54) is 6.92 Å². The van der Waals surface area contributed by atoms with Gasteiger partial charge in [-0.1, -0.05) is 12.1 Å². The van der Waals surface area contributed by atoms with Crippen molar-refractivity contribution in [3.63, 3.8) is 0 Å². The molecule has 1 amide bonds. The molecule has 1 heterocycles. The average molecular weight is 265 g/mol. The number of carboxylic acid groups (broad SMARTS) is 1. The zero-order chi connectivity index (χ0) is 15.6. The second kappa shape index (κ2) is 5.93. The SMILES string of the molecule is [2H]C1N(Cc2ccc(NC)cc2)CCN(C(=O)O)[C@@]1([2H])C. The summed E-state index contributed by atoms with van der Waals surface area (Å²) in [7, 11) is 1.85. The van der Waals surface area contributed by atoms with Crippen LogP contribution in [-0.2, 0) is 6.54 Å². The van der Waals surface area contributed by atoms with E-state index in [1.54, 1.807) is 0 Å². The van der Waals surface area contributed by atoms with E-state index in [2.05, 4.69) is 5.32 Å². The number of rotatable bonds is 3. The average Bonchev–Trinajstić information content (AvgIpc) is 2.44. The Morgan fingerprint density at radius 1 is 1.53 bits per heavy atom. The van der Waals surface area contributed by atoms with Gasteiger partial charge in [-0.15, -0.1) is 0 Å². The van der Waals surface area contributed by atoms with Crippen LogP contribution >= 0.6 is 0 Å². The van der Waals surface area contributed by atoms with Crippen molar-refractivity contribution < 1.29 is 12.6 Å². The van der Waals surface area contributed by atoms with E-state index < -0.39 is 18.6 Å². The third kappa shape index (κ3) is 3.38. The molecule has 0 saturated carbocycles. The molecule has 1 fully saturated rings. The zero-order valence-electron chi connectivity index (χ0n) is 13.3. The molecule has 0 spiro atoms. The van der Waals surface area contributed by atoms with Crippen LogP contribution in [0, 0.1) is 0 Å². The first-order valence-corrected chi connectivity index (χ1v) is 6.30. The summed E-state index contributed by atoms with van der Waals surface area (Å²) in [6.45, 7) is 1.82. The van der Waals surface area contributed by atoms with Crippen LogP contribution in [0.5, 0.6) is 0 Å². The Labute approximate surface area is 116 Å². The van der Waals surface area contributed by atoms with Crippen molar-refractivity contribution in [2.24, 2.45) is 0 Å². The van der Waals surface area contributed by atoms with Gasteiger partial charge >= 0.3 is 6.09 Å². The molecule has 1 aromatic carbocycles. The van der Waals surface area contributed by atoms with Crippen LogP contribution in [-0.4, -0.2) is 53.7 Å². The molecule has 19 heavy (non-hydrogen) atoms. The summed E-state index contributed by atoms with van der Waals surface area (Å²) < 4.78 is 16.4. The van der Waals surface area contributed by atoms with Gasteiger partial charge in [0.15, 0.2) is 0 Å². The summed E-state index contributed by atoms with van der Waals surface area (Å²) in [6.07, 6.45) is -1.14. The van der Waals surface area contributed by atoms with Crippen LogP contribution in [0.2, 0.25) is 0 Å². The summed E-state index contributed by atoms with van der Waals surface area (Å²) in [5.74, 6) is 0. The summed E-state index contributed by atoms with van der Waals surface area (Å²) in [5.41, 5.74) is 2.06. The molecule has 104 valence electrons. The molecule has 2 atom stereocenters. The van der Waals surface area contributed by atoms with Crippen molar-refractivity contribution in [1.82, 2.24) is 9.80 Å². The molecule has 0 aliphatic carbocycles. The van der Waals surface area contributed by atoms with Gasteiger partial charge in [-0.2, -0.15) is 0 Å². The molecule has 5 heteroatoms. The van der Waals surface area contributed by atoms with E-state index >= 15 is 0 Å². The lowest BCUT2D eigenvalue weighted by molar-refractivity contribution is 0.0711. The van der Waals surface area contributed by atoms with Gasteiger partial charge in [0.2, 0.25) is 0 Å². The van der Waals surface area contributed by atoms with Gasteiger partial charge in [0.25, 0.3) is 0 Å². The maximum Gasteiger partial charge on any atom is 0.407 e. The highest BCUT2D eigenvalue weighted by molar-refractivity contribution is 5.65. The number of amides is 1. The molecule has 0 aromatic heterocycles. The second-order valence-electron chi connectivity index (χ2n) is 4.62. The van der Waals surface area contributed by atoms with E-state index in [4.69, 9.17) is 7.85 Å². The fourth-order valence-corrected chi connectivity index (χ4v) is 2.19. The van der Waals surface area contributed by atoms with Crippen LogP contribution in [0.3, 0.4) is 0 Å². The monoisotopic (exact) mass is 265 g/mol. The van der Waals surface area contributed by atoms with Crippen molar-refractivity contribution in [2.45, 2.75) is 19.5 Å². The molecule has 1 unspecified atom stereocenters. The molecule has 0 radical (unpaired) electrons. The number of hydrogen-bond donors (Lipinski definition) is 2. The lowest BCUT2D eigenvalue weighted by Gasteiger charge is -2.38. The highest BCUT2D eigenvalue weighted by atomic mass is 16.4. The Morgan fingerprint density at radius 3 is 2.79 bits per heavy atom. The van der Waals surface area contributed by atoms with Crippen molar-refractivity contribution in [3.05, 3.63) is 29.8 Å². The van der Waals surface area contributed by atoms with Gasteiger partial charge in [-0.25, -0.2) is 4.79 Å². The molecule has 5 nitrogen and oxygen atoms in total. The molecule has 1 aliphatic rings. The number of nitrogens with zero attached hydrogens (tertiary/aromatic N) is 2. The quantitative estimate of drug-likeness (QED) is 0.876. The fourth-order valence-electron chi connectivity index (χ4n) is 2.19. The lowest BCUT2D eigenvalue weighted by Crippen LogP contribution is -2.53. The van der Waals surface area contributed by atoms with E-state index in [1.807, 2.05) is 36.2 Å². The number of carbonyl (C=O) groups is 1. The number of anilines is 1. The molecular weight excluding hydrogens is 242 g/mol. The van der Waals surface area contributed by atoms with Crippen molar-refractivity contribution in [2.75, 3.05) is 32.0 Å². The van der Waals surface area contributed by atoms with Crippen LogP contribution in [0.1, 0.15) is 15.2 Å². The van der Waals surface area contributed by atoms with Crippen molar-refractivity contribution in [1.29, 1.82) is 0 Å². The Hall–Kier alpha value is -1.75. The minimum absolute atomic E-state index is 0.249. The van der Waals surface area contributed by atoms with Gasteiger partial charge in [0, 0.05) is 46.3 Å². The van der Waals surface area contributed by atoms with E-state index in [0.717, 1.165) is 16.2 Å². The van der Waals surface area contributed by atoms with E-state index in [9.17, 15) is 4.79 Å². The summed E-state index contributed by atoms with van der Waals surface area (Å²) in [5, 5.41) is 12.2. The third-order valence-electron chi connectivity index (χ3n) is 3.27. The zero-order valence-corrected chi connectivity index (χ0v) is 11.3. The molecule has 0 bridgehead atoms. The first-order chi connectivity index (χ1) is 9.86. The Kier molecular flexibility index (Phi) is 3.47. The minimum atomic E-state index is -1.46. The van der Waals surface area contributed by atoms with E-state index in [0.29, 0.717) is 13.1 Å². The predicted molar refractivity (Wildman–Crippen MR) is 75.5 cm³/mol. The van der Waals surface area contributed by atoms with Gasteiger partial charge in [0.05, 0.1) is 1.37 Å². The standard InChI is InChI=1S/C14H21N3O2/c1-11-9-16(7-8-17(11)14(18)19)10-12-3-5-13(15-2)6-4-12/h3-6,11,15H,7-10H2,1-2H3,(H,18,19)/t11-/m0/s1/i9D,11D/t9?,11-. The lowest BCUT2D eigenvalue weighted by atomic mass is 10.1. The fraction of sp³-hybridized carbons (Fsp3) is 0.500. The molecular formula is C14H21N3O2. The maximum absolute atomic E-state index is 11.1. The van der Waals surface area contributed by atoms with Crippen molar-refractivity contribution in [3.8, 4) is 0 Å². The Morgan fingerprint density at radius 2 is 2.21 bits per heavy atom. The largest absolute Gasteiger partial charge is 0.465 e.